The Labute approximate surface area is 268 Å². The molecule has 2 heterocycles. The van der Waals surface area contributed by atoms with Crippen LogP contribution in [0.25, 0.3) is 0 Å². The lowest BCUT2D eigenvalue weighted by molar-refractivity contribution is -0.306. The second-order valence-corrected chi connectivity index (χ2v) is 18.1. The number of esters is 1. The van der Waals surface area contributed by atoms with E-state index in [0.29, 0.717) is 31.1 Å². The standard InChI is InChI=1S/C36H58O9/c1-20(37)43-29(31(4,5)40)23-8-9-26-32(6)14-15-35-19-34(35)13-12-27(44-28-16-21(38)22(39)17-42-28)30(2,3)24(34)10-11-25(35)33(32,7)18-36(26,41)45-23/h21-29,38-41H,8-19H2,1-7H3/t21-,22?,23?,24+,25?,26-,27+,28?,29?,32?,33+,34?,35+,36+/m1/s1. The average Bonchev–Trinajstić information content (AvgIpc) is 3.55. The van der Waals surface area contributed by atoms with Gasteiger partial charge in [-0.05, 0) is 111 Å². The first-order valence-electron chi connectivity index (χ1n) is 17.8. The zero-order chi connectivity index (χ0) is 32.6. The zero-order valence-electron chi connectivity index (χ0n) is 28.5. The van der Waals surface area contributed by atoms with E-state index in [1.165, 1.54) is 19.8 Å². The third-order valence-corrected chi connectivity index (χ3v) is 15.3. The largest absolute Gasteiger partial charge is 0.457 e. The van der Waals surface area contributed by atoms with Gasteiger partial charge in [-0.3, -0.25) is 4.79 Å². The van der Waals surface area contributed by atoms with Gasteiger partial charge in [-0.1, -0.05) is 27.7 Å². The number of fused-ring (bicyclic) bond motifs is 4. The van der Waals surface area contributed by atoms with Crippen LogP contribution in [0, 0.1) is 44.8 Å². The number of carbonyl (C=O) groups is 1. The molecule has 0 aromatic heterocycles. The van der Waals surface area contributed by atoms with Crippen LogP contribution in [0.3, 0.4) is 0 Å². The van der Waals surface area contributed by atoms with Gasteiger partial charge in [0.05, 0.1) is 24.4 Å². The van der Waals surface area contributed by atoms with E-state index in [1.54, 1.807) is 13.8 Å². The number of hydrogen-bond acceptors (Lipinski definition) is 9. The highest BCUT2D eigenvalue weighted by Gasteiger charge is 2.84. The zero-order valence-corrected chi connectivity index (χ0v) is 28.5. The molecule has 0 radical (unpaired) electrons. The Morgan fingerprint density at radius 2 is 1.53 bits per heavy atom. The summed E-state index contributed by atoms with van der Waals surface area (Å²) >= 11 is 0. The highest BCUT2D eigenvalue weighted by atomic mass is 16.7. The second-order valence-electron chi connectivity index (χ2n) is 18.1. The molecule has 7 aliphatic rings. The van der Waals surface area contributed by atoms with Crippen LogP contribution in [0.15, 0.2) is 0 Å². The van der Waals surface area contributed by atoms with Gasteiger partial charge in [0.2, 0.25) is 0 Å². The molecule has 7 rings (SSSR count). The fourth-order valence-corrected chi connectivity index (χ4v) is 13.2. The maximum Gasteiger partial charge on any atom is 0.303 e. The molecule has 5 saturated carbocycles. The van der Waals surface area contributed by atoms with Crippen LogP contribution in [0.1, 0.15) is 119 Å². The molecule has 2 aliphatic heterocycles. The minimum absolute atomic E-state index is 0.000691. The van der Waals surface area contributed by atoms with Gasteiger partial charge >= 0.3 is 5.97 Å². The minimum atomic E-state index is -1.32. The molecule has 7 unspecified atom stereocenters. The molecule has 0 bridgehead atoms. The van der Waals surface area contributed by atoms with Crippen molar-refractivity contribution in [3.63, 3.8) is 0 Å². The van der Waals surface area contributed by atoms with Crippen LogP contribution in [0.4, 0.5) is 0 Å². The van der Waals surface area contributed by atoms with E-state index in [1.807, 2.05) is 0 Å². The molecule has 9 nitrogen and oxygen atoms in total. The van der Waals surface area contributed by atoms with E-state index in [2.05, 4.69) is 27.7 Å². The van der Waals surface area contributed by atoms with Crippen molar-refractivity contribution in [2.24, 2.45) is 44.8 Å². The number of aliphatic hydroxyl groups excluding tert-OH is 2. The first-order chi connectivity index (χ1) is 20.8. The summed E-state index contributed by atoms with van der Waals surface area (Å²) in [5.74, 6) is -0.732. The van der Waals surface area contributed by atoms with Gasteiger partial charge < -0.3 is 39.4 Å². The number of ether oxygens (including phenoxy) is 4. The Balaban J connectivity index is 1.12. The molecule has 5 aliphatic carbocycles. The van der Waals surface area contributed by atoms with Crippen LogP contribution in [0.5, 0.6) is 0 Å². The Kier molecular flexibility index (Phi) is 7.35. The van der Waals surface area contributed by atoms with E-state index >= 15 is 0 Å². The van der Waals surface area contributed by atoms with E-state index < -0.39 is 48.1 Å². The predicted molar refractivity (Wildman–Crippen MR) is 164 cm³/mol. The summed E-state index contributed by atoms with van der Waals surface area (Å²) in [6, 6.07) is 0. The van der Waals surface area contributed by atoms with Gasteiger partial charge in [0.1, 0.15) is 12.2 Å². The first kappa shape index (κ1) is 32.7. The van der Waals surface area contributed by atoms with E-state index in [9.17, 15) is 25.2 Å². The second kappa shape index (κ2) is 10.1. The average molecular weight is 635 g/mol. The molecular formula is C36H58O9. The van der Waals surface area contributed by atoms with Gasteiger partial charge in [0.25, 0.3) is 0 Å². The molecule has 256 valence electrons. The molecular weight excluding hydrogens is 576 g/mol. The summed E-state index contributed by atoms with van der Waals surface area (Å²) in [7, 11) is 0. The molecule has 14 atom stereocenters. The topological polar surface area (TPSA) is 135 Å². The van der Waals surface area contributed by atoms with Crippen molar-refractivity contribution in [2.75, 3.05) is 6.61 Å². The molecule has 2 saturated heterocycles. The van der Waals surface area contributed by atoms with Crippen molar-refractivity contribution < 1.29 is 44.2 Å². The lowest BCUT2D eigenvalue weighted by Crippen LogP contribution is -2.58. The van der Waals surface area contributed by atoms with Crippen molar-refractivity contribution in [1.82, 2.24) is 0 Å². The van der Waals surface area contributed by atoms with Crippen molar-refractivity contribution in [3.05, 3.63) is 0 Å². The third-order valence-electron chi connectivity index (χ3n) is 15.3. The lowest BCUT2D eigenvalue weighted by Gasteiger charge is -2.63. The maximum atomic E-state index is 12.4. The van der Waals surface area contributed by atoms with Crippen LogP contribution >= 0.6 is 0 Å². The van der Waals surface area contributed by atoms with E-state index in [4.69, 9.17) is 18.9 Å². The van der Waals surface area contributed by atoms with Crippen LogP contribution in [0.2, 0.25) is 0 Å². The molecule has 0 amide bonds. The summed E-state index contributed by atoms with van der Waals surface area (Å²) in [5, 5.41) is 43.5. The van der Waals surface area contributed by atoms with Crippen LogP contribution in [-0.4, -0.2) is 81.2 Å². The molecule has 0 aromatic carbocycles. The molecule has 2 spiro atoms. The Morgan fingerprint density at radius 3 is 2.20 bits per heavy atom. The van der Waals surface area contributed by atoms with Crippen molar-refractivity contribution >= 4 is 5.97 Å². The first-order valence-corrected chi connectivity index (χ1v) is 17.8. The molecule has 9 heteroatoms. The van der Waals surface area contributed by atoms with E-state index in [-0.39, 0.29) is 45.7 Å². The van der Waals surface area contributed by atoms with Gasteiger partial charge in [0, 0.05) is 25.7 Å². The fraction of sp³-hybridized carbons (Fsp3) is 0.972. The highest BCUT2D eigenvalue weighted by molar-refractivity contribution is 5.66. The predicted octanol–water partition coefficient (Wildman–Crippen LogP) is 4.46. The van der Waals surface area contributed by atoms with Crippen molar-refractivity contribution in [1.29, 1.82) is 0 Å². The Bertz CT molecular complexity index is 1200. The van der Waals surface area contributed by atoms with Crippen LogP contribution in [-0.2, 0) is 23.7 Å². The Hall–Kier alpha value is -0.810. The summed E-state index contributed by atoms with van der Waals surface area (Å²) < 4.78 is 24.6. The summed E-state index contributed by atoms with van der Waals surface area (Å²) in [6.45, 7) is 14.4. The quantitative estimate of drug-likeness (QED) is 0.255. The van der Waals surface area contributed by atoms with Crippen molar-refractivity contribution in [3.8, 4) is 0 Å². The number of rotatable bonds is 5. The third kappa shape index (κ3) is 4.46. The number of carbonyl (C=O) groups excluding carboxylic acids is 1. The van der Waals surface area contributed by atoms with Gasteiger partial charge in [-0.15, -0.1) is 0 Å². The summed E-state index contributed by atoms with van der Waals surface area (Å²) in [4.78, 5) is 12.0. The van der Waals surface area contributed by atoms with Crippen molar-refractivity contribution in [2.45, 2.75) is 167 Å². The molecule has 7 fully saturated rings. The summed E-state index contributed by atoms with van der Waals surface area (Å²) in [6.07, 6.45) is 6.68. The van der Waals surface area contributed by atoms with Gasteiger partial charge in [-0.2, -0.15) is 0 Å². The molecule has 0 aromatic rings. The summed E-state index contributed by atoms with van der Waals surface area (Å²) in [5.41, 5.74) is -0.937. The number of hydrogen-bond donors (Lipinski definition) is 4. The highest BCUT2D eigenvalue weighted by Crippen LogP contribution is 2.89. The molecule has 45 heavy (non-hydrogen) atoms. The SMILES string of the molecule is CC(=O)OC(C1CC[C@@H]2C3(C)CC[C@@]45CC46CC[C@H](OC4C[C@@H](O)C(O)CO4)C(C)(C)[C@@H]6CCC5[C@]3(C)C[C@]2(O)O1)C(C)(C)O. The maximum absolute atomic E-state index is 12.4. The van der Waals surface area contributed by atoms with Gasteiger partial charge in [-0.25, -0.2) is 0 Å². The lowest BCUT2D eigenvalue weighted by atomic mass is 9.42. The van der Waals surface area contributed by atoms with E-state index in [0.717, 1.165) is 38.5 Å². The molecule has 4 N–H and O–H groups in total. The number of aliphatic hydroxyl groups is 4. The smallest absolute Gasteiger partial charge is 0.303 e. The normalized spacial score (nSPS) is 54.0. The van der Waals surface area contributed by atoms with Crippen LogP contribution < -0.4 is 0 Å². The van der Waals surface area contributed by atoms with Gasteiger partial charge in [0.15, 0.2) is 18.2 Å². The minimum Gasteiger partial charge on any atom is -0.457 e. The Morgan fingerprint density at radius 1 is 0.867 bits per heavy atom. The fourth-order valence-electron chi connectivity index (χ4n) is 13.2. The monoisotopic (exact) mass is 634 g/mol.